The lowest BCUT2D eigenvalue weighted by Crippen LogP contribution is -2.50. The molecule has 5 rings (SSSR count). The second kappa shape index (κ2) is 14.0. The maximum atomic E-state index is 13.9. The van der Waals surface area contributed by atoms with Crippen molar-refractivity contribution < 1.29 is 58.6 Å². The van der Waals surface area contributed by atoms with Crippen LogP contribution in [0.25, 0.3) is 6.08 Å². The van der Waals surface area contributed by atoms with Crippen molar-refractivity contribution in [3.8, 4) is 5.75 Å². The lowest BCUT2D eigenvalue weighted by Gasteiger charge is -2.36. The number of aliphatic imine (C=N–C) groups is 1. The summed E-state index contributed by atoms with van der Waals surface area (Å²) < 4.78 is 128. The number of piperidine rings is 2. The second-order valence-electron chi connectivity index (χ2n) is 14.2. The molecule has 0 atom stereocenters. The Morgan fingerprint density at radius 1 is 0.981 bits per heavy atom. The Hall–Kier alpha value is -4.03. The molecule has 0 saturated carbocycles. The first kappa shape index (κ1) is 40.2. The van der Waals surface area contributed by atoms with Gasteiger partial charge in [0.25, 0.3) is 11.8 Å². The largest absolute Gasteiger partial charge is 0.478 e. The van der Waals surface area contributed by atoms with Gasteiger partial charge in [0.2, 0.25) is 10.0 Å². The van der Waals surface area contributed by atoms with E-state index in [9.17, 15) is 53.8 Å². The average Bonchev–Trinajstić information content (AvgIpc) is 3.38. The fraction of sp³-hybridized carbons (Fsp3) is 0.514. The number of likely N-dealkylation sites (tertiary alicyclic amines) is 1. The predicted octanol–water partition coefficient (Wildman–Crippen LogP) is 5.69. The Balaban J connectivity index is 1.28. The van der Waals surface area contributed by atoms with E-state index in [0.717, 1.165) is 21.8 Å². The van der Waals surface area contributed by atoms with Crippen molar-refractivity contribution in [2.24, 2.45) is 4.99 Å². The van der Waals surface area contributed by atoms with E-state index in [0.29, 0.717) is 42.2 Å². The Morgan fingerprint density at radius 3 is 2.09 bits per heavy atom. The number of rotatable bonds is 8. The molecule has 0 aliphatic carbocycles. The number of amidine groups is 1. The Kier molecular flexibility index (Phi) is 10.6. The molecule has 2 aromatic carbocycles. The molecule has 3 aliphatic rings. The first-order valence-electron chi connectivity index (χ1n) is 16.7. The minimum Gasteiger partial charge on any atom is -0.478 e. The third kappa shape index (κ3) is 8.23. The number of nitrogens with zero attached hydrogens (tertiary/aromatic N) is 3. The van der Waals surface area contributed by atoms with E-state index in [1.165, 1.54) is 11.0 Å². The second-order valence-corrected chi connectivity index (χ2v) is 16.0. The smallest absolute Gasteiger partial charge is 0.427 e. The van der Waals surface area contributed by atoms with Gasteiger partial charge in [0.05, 0.1) is 11.2 Å². The number of amides is 2. The number of hydrogen-bond acceptors (Lipinski definition) is 7. The minimum atomic E-state index is -5.11. The Bertz CT molecular complexity index is 1920. The molecule has 53 heavy (non-hydrogen) atoms. The van der Waals surface area contributed by atoms with Crippen LogP contribution in [0.2, 0.25) is 0 Å². The lowest BCUT2D eigenvalue weighted by atomic mass is 9.89. The molecular formula is C35H39F7N4O6S. The van der Waals surface area contributed by atoms with E-state index in [-0.39, 0.29) is 69.2 Å². The van der Waals surface area contributed by atoms with Gasteiger partial charge >= 0.3 is 12.4 Å². The molecule has 2 fully saturated rings. The molecule has 2 N–H and O–H groups in total. The van der Waals surface area contributed by atoms with E-state index in [1.54, 1.807) is 26.0 Å². The van der Waals surface area contributed by atoms with Gasteiger partial charge in [-0.1, -0.05) is 0 Å². The van der Waals surface area contributed by atoms with E-state index < -0.39 is 63.0 Å². The van der Waals surface area contributed by atoms with E-state index in [1.807, 2.05) is 0 Å². The highest BCUT2D eigenvalue weighted by Gasteiger charge is 2.51. The highest BCUT2D eigenvalue weighted by atomic mass is 32.2. The van der Waals surface area contributed by atoms with Crippen molar-refractivity contribution in [2.45, 2.75) is 82.5 Å². The molecule has 3 heterocycles. The van der Waals surface area contributed by atoms with Crippen LogP contribution in [0.4, 0.5) is 30.7 Å². The zero-order valence-electron chi connectivity index (χ0n) is 29.3. The standard InChI is InChI=1S/C35H39F7N4O6S/c1-21-17-24(29(47)45-12-8-32(49,20-36)9-13-45)18-22(2)25(21)7-16-53(50,51)46-14-10-33(11-15-46)30(48)43-28(44-33)23-5-6-27(26(19-23)34(37,38)39)52-31(3,4)35(40,41)42/h5-7,16-19,49H,8-15,20H2,1-4H3,(H,43,44,48). The molecule has 2 aromatic rings. The number of benzene rings is 2. The fourth-order valence-electron chi connectivity index (χ4n) is 6.47. The molecule has 290 valence electrons. The number of carbonyl (C=O) groups excluding carboxylic acids is 2. The lowest BCUT2D eigenvalue weighted by molar-refractivity contribution is -0.236. The first-order valence-corrected chi connectivity index (χ1v) is 18.2. The maximum Gasteiger partial charge on any atom is 0.427 e. The number of alkyl halides is 7. The Morgan fingerprint density at radius 2 is 1.57 bits per heavy atom. The first-order chi connectivity index (χ1) is 24.4. The van der Waals surface area contributed by atoms with Crippen molar-refractivity contribution >= 4 is 33.7 Å². The van der Waals surface area contributed by atoms with Crippen molar-refractivity contribution in [3.05, 3.63) is 69.1 Å². The molecule has 0 radical (unpaired) electrons. The number of aryl methyl sites for hydroxylation is 2. The van der Waals surface area contributed by atoms with E-state index in [2.05, 4.69) is 10.3 Å². The number of sulfonamides is 1. The van der Waals surface area contributed by atoms with Crippen molar-refractivity contribution in [1.29, 1.82) is 0 Å². The van der Waals surface area contributed by atoms with Crippen molar-refractivity contribution in [3.63, 3.8) is 0 Å². The van der Waals surface area contributed by atoms with Gasteiger partial charge in [0.1, 0.15) is 23.8 Å². The summed E-state index contributed by atoms with van der Waals surface area (Å²) in [5, 5.41) is 13.6. The summed E-state index contributed by atoms with van der Waals surface area (Å²) in [4.78, 5) is 32.1. The van der Waals surface area contributed by atoms with E-state index >= 15 is 0 Å². The molecule has 0 bridgehead atoms. The highest BCUT2D eigenvalue weighted by Crippen LogP contribution is 2.42. The average molecular weight is 777 g/mol. The highest BCUT2D eigenvalue weighted by molar-refractivity contribution is 7.92. The van der Waals surface area contributed by atoms with Crippen LogP contribution < -0.4 is 10.1 Å². The topological polar surface area (TPSA) is 129 Å². The SMILES string of the molecule is Cc1cc(C(=O)N2CCC(O)(CF)CC2)cc(C)c1C=CS(=O)(=O)N1CCC2(CC1)N=C(c1ccc(OC(C)(C)C(F)(F)F)c(C(F)(F)F)c1)NC2=O. The van der Waals surface area contributed by atoms with Crippen LogP contribution in [-0.4, -0.2) is 96.2 Å². The predicted molar refractivity (Wildman–Crippen MR) is 180 cm³/mol. The zero-order chi connectivity index (χ0) is 39.4. The summed E-state index contributed by atoms with van der Waals surface area (Å²) in [6, 6.07) is 5.56. The number of nitrogens with one attached hydrogen (secondary N) is 1. The van der Waals surface area contributed by atoms with Crippen LogP contribution in [0.3, 0.4) is 0 Å². The number of carbonyl (C=O) groups is 2. The maximum absolute atomic E-state index is 13.9. The summed E-state index contributed by atoms with van der Waals surface area (Å²) in [7, 11) is -4.03. The van der Waals surface area contributed by atoms with Crippen LogP contribution in [0, 0.1) is 13.8 Å². The Labute approximate surface area is 301 Å². The molecule has 2 amide bonds. The number of hydrogen-bond donors (Lipinski definition) is 2. The van der Waals surface area contributed by atoms with Gasteiger partial charge in [0, 0.05) is 42.7 Å². The number of halogens is 7. The third-order valence-corrected chi connectivity index (χ3v) is 11.5. The van der Waals surface area contributed by atoms with Crippen molar-refractivity contribution in [1.82, 2.24) is 14.5 Å². The summed E-state index contributed by atoms with van der Waals surface area (Å²) in [5.41, 5.74) is -5.41. The zero-order valence-corrected chi connectivity index (χ0v) is 30.1. The van der Waals surface area contributed by atoms with Crippen LogP contribution in [0.5, 0.6) is 5.75 Å². The number of ether oxygens (including phenoxy) is 1. The van der Waals surface area contributed by atoms with Gasteiger partial charge in [-0.3, -0.25) is 14.6 Å². The minimum absolute atomic E-state index is 0.101. The van der Waals surface area contributed by atoms with Gasteiger partial charge in [-0.05, 0) is 106 Å². The molecule has 2 saturated heterocycles. The number of aliphatic hydroxyl groups is 1. The molecule has 0 unspecified atom stereocenters. The summed E-state index contributed by atoms with van der Waals surface area (Å²) in [6.07, 6.45) is -8.66. The van der Waals surface area contributed by atoms with Gasteiger partial charge in [-0.25, -0.2) is 12.8 Å². The summed E-state index contributed by atoms with van der Waals surface area (Å²) in [5.74, 6) is -2.25. The van der Waals surface area contributed by atoms with Gasteiger partial charge in [-0.2, -0.15) is 30.6 Å². The van der Waals surface area contributed by atoms with Crippen LogP contribution in [0.15, 0.2) is 40.7 Å². The normalized spacial score (nSPS) is 19.8. The van der Waals surface area contributed by atoms with Crippen LogP contribution >= 0.6 is 0 Å². The van der Waals surface area contributed by atoms with Gasteiger partial charge in [-0.15, -0.1) is 0 Å². The monoisotopic (exact) mass is 776 g/mol. The molecule has 3 aliphatic heterocycles. The molecule has 18 heteroatoms. The molecule has 1 spiro atoms. The quantitative estimate of drug-likeness (QED) is 0.332. The molecule has 10 nitrogen and oxygen atoms in total. The van der Waals surface area contributed by atoms with Gasteiger partial charge < -0.3 is 20.1 Å². The molecule has 0 aromatic heterocycles. The van der Waals surface area contributed by atoms with Crippen LogP contribution in [0.1, 0.15) is 77.7 Å². The summed E-state index contributed by atoms with van der Waals surface area (Å²) >= 11 is 0. The van der Waals surface area contributed by atoms with Crippen LogP contribution in [-0.2, 0) is 21.0 Å². The fourth-order valence-corrected chi connectivity index (χ4v) is 7.64. The van der Waals surface area contributed by atoms with Gasteiger partial charge in [0.15, 0.2) is 5.60 Å². The summed E-state index contributed by atoms with van der Waals surface area (Å²) in [6.45, 7) is 3.81. The van der Waals surface area contributed by atoms with Crippen molar-refractivity contribution in [2.75, 3.05) is 32.9 Å². The van der Waals surface area contributed by atoms with E-state index in [4.69, 9.17) is 4.74 Å². The molecular weight excluding hydrogens is 737 g/mol. The third-order valence-electron chi connectivity index (χ3n) is 9.97.